The van der Waals surface area contributed by atoms with Gasteiger partial charge in [-0.2, -0.15) is 0 Å². The van der Waals surface area contributed by atoms with Crippen molar-refractivity contribution in [2.75, 3.05) is 14.1 Å². The van der Waals surface area contributed by atoms with Gasteiger partial charge < -0.3 is 4.98 Å². The minimum atomic E-state index is -3.44. The third kappa shape index (κ3) is 1.77. The predicted octanol–water partition coefficient (Wildman–Crippen LogP) is 0.840. The topological polar surface area (TPSA) is 70.2 Å². The molecule has 0 aliphatic heterocycles. The maximum atomic E-state index is 11.8. The number of hydrogen-bond donors (Lipinski definition) is 1. The van der Waals surface area contributed by atoms with Gasteiger partial charge in [-0.3, -0.25) is 4.79 Å². The Morgan fingerprint density at radius 3 is 2.62 bits per heavy atom. The van der Waals surface area contributed by atoms with Crippen LogP contribution in [0.1, 0.15) is 0 Å². The number of sulfonamides is 1. The Hall–Kier alpha value is -1.18. The Bertz CT molecular complexity index is 682. The van der Waals surface area contributed by atoms with Gasteiger partial charge in [-0.25, -0.2) is 12.7 Å². The number of H-pyrrole nitrogens is 1. The van der Waals surface area contributed by atoms with Crippen LogP contribution in [-0.4, -0.2) is 31.8 Å². The summed E-state index contributed by atoms with van der Waals surface area (Å²) in [4.78, 5) is 13.7. The molecule has 1 aromatic heterocycles. The number of fused-ring (bicyclic) bond motifs is 1. The maximum absolute atomic E-state index is 11.8. The highest BCUT2D eigenvalue weighted by molar-refractivity contribution is 7.89. The summed E-state index contributed by atoms with van der Waals surface area (Å²) in [6, 6.07) is 4.59. The number of hydrogen-bond acceptors (Lipinski definition) is 4. The van der Waals surface area contributed by atoms with Crippen molar-refractivity contribution in [3.05, 3.63) is 27.9 Å². The molecule has 0 amide bonds. The second-order valence-electron chi connectivity index (χ2n) is 3.46. The third-order valence-electron chi connectivity index (χ3n) is 2.17. The predicted molar refractivity (Wildman–Crippen MR) is 63.3 cm³/mol. The molecule has 0 aliphatic carbocycles. The Morgan fingerprint density at radius 1 is 1.31 bits per heavy atom. The molecule has 0 atom stereocenters. The fourth-order valence-electron chi connectivity index (χ4n) is 1.30. The van der Waals surface area contributed by atoms with Crippen molar-refractivity contribution in [3.63, 3.8) is 0 Å². The van der Waals surface area contributed by atoms with E-state index < -0.39 is 10.0 Å². The summed E-state index contributed by atoms with van der Waals surface area (Å²) in [7, 11) is -0.492. The Balaban J connectivity index is 2.68. The molecule has 0 fully saturated rings. The molecule has 2 rings (SSSR count). The summed E-state index contributed by atoms with van der Waals surface area (Å²) in [6.07, 6.45) is 0. The minimum Gasteiger partial charge on any atom is -0.312 e. The lowest BCUT2D eigenvalue weighted by atomic mass is 10.3. The van der Waals surface area contributed by atoms with Crippen molar-refractivity contribution in [2.45, 2.75) is 4.90 Å². The van der Waals surface area contributed by atoms with Crippen molar-refractivity contribution in [1.82, 2.24) is 9.29 Å². The van der Waals surface area contributed by atoms with Crippen LogP contribution in [0.2, 0.25) is 0 Å². The van der Waals surface area contributed by atoms with Crippen LogP contribution < -0.4 is 4.87 Å². The Labute approximate surface area is 96.4 Å². The van der Waals surface area contributed by atoms with Gasteiger partial charge >= 0.3 is 4.87 Å². The first-order chi connectivity index (χ1) is 7.41. The number of thiazole rings is 1. The highest BCUT2D eigenvalue weighted by Crippen LogP contribution is 2.20. The number of rotatable bonds is 2. The zero-order chi connectivity index (χ0) is 11.9. The molecule has 5 nitrogen and oxygen atoms in total. The van der Waals surface area contributed by atoms with Gasteiger partial charge in [0, 0.05) is 14.1 Å². The van der Waals surface area contributed by atoms with E-state index in [1.807, 2.05) is 0 Å². The molecule has 0 spiro atoms. The van der Waals surface area contributed by atoms with Gasteiger partial charge in [-0.05, 0) is 18.2 Å². The summed E-state index contributed by atoms with van der Waals surface area (Å²) in [5, 5.41) is 0. The molecule has 0 bridgehead atoms. The fourth-order valence-corrected chi connectivity index (χ4v) is 3.08. The first-order valence-corrected chi connectivity index (χ1v) is 6.72. The van der Waals surface area contributed by atoms with E-state index in [1.54, 1.807) is 6.07 Å². The fraction of sp³-hybridized carbons (Fsp3) is 0.222. The lowest BCUT2D eigenvalue weighted by Crippen LogP contribution is -2.22. The van der Waals surface area contributed by atoms with Gasteiger partial charge in [-0.1, -0.05) is 11.3 Å². The molecule has 0 aliphatic rings. The van der Waals surface area contributed by atoms with Crippen LogP contribution in [-0.2, 0) is 10.0 Å². The molecule has 0 saturated carbocycles. The summed E-state index contributed by atoms with van der Waals surface area (Å²) >= 11 is 1.00. The molecule has 7 heteroatoms. The van der Waals surface area contributed by atoms with E-state index in [-0.39, 0.29) is 9.77 Å². The zero-order valence-corrected chi connectivity index (χ0v) is 10.4. The van der Waals surface area contributed by atoms with Gasteiger partial charge in [0.15, 0.2) is 0 Å². The van der Waals surface area contributed by atoms with Crippen molar-refractivity contribution >= 4 is 31.6 Å². The van der Waals surface area contributed by atoms with Crippen molar-refractivity contribution in [3.8, 4) is 0 Å². The standard InChI is InChI=1S/C9H10N2O3S2/c1-11(2)16(13,14)6-3-4-7-8(5-6)15-9(12)10-7/h3-5H,1-2H3,(H,10,12). The summed E-state index contributed by atoms with van der Waals surface area (Å²) in [5.41, 5.74) is 0.660. The van der Waals surface area contributed by atoms with Crippen LogP contribution in [0.5, 0.6) is 0 Å². The molecular formula is C9H10N2O3S2. The molecule has 2 aromatic rings. The first-order valence-electron chi connectivity index (χ1n) is 4.46. The highest BCUT2D eigenvalue weighted by atomic mass is 32.2. The zero-order valence-electron chi connectivity index (χ0n) is 8.72. The normalized spacial score (nSPS) is 12.4. The quantitative estimate of drug-likeness (QED) is 0.867. The van der Waals surface area contributed by atoms with Crippen LogP contribution in [0.4, 0.5) is 0 Å². The SMILES string of the molecule is CN(C)S(=O)(=O)c1ccc2[nH]c(=O)sc2c1. The van der Waals surface area contributed by atoms with E-state index in [1.165, 1.54) is 26.2 Å². The van der Waals surface area contributed by atoms with Gasteiger partial charge in [0.1, 0.15) is 0 Å². The lowest BCUT2D eigenvalue weighted by Gasteiger charge is -2.10. The van der Waals surface area contributed by atoms with Crippen LogP contribution in [0.3, 0.4) is 0 Å². The van der Waals surface area contributed by atoms with Gasteiger partial charge in [-0.15, -0.1) is 0 Å². The lowest BCUT2D eigenvalue weighted by molar-refractivity contribution is 0.521. The Kier molecular flexibility index (Phi) is 2.61. The summed E-state index contributed by atoms with van der Waals surface area (Å²) < 4.78 is 25.4. The molecule has 0 unspecified atom stereocenters. The van der Waals surface area contributed by atoms with E-state index >= 15 is 0 Å². The van der Waals surface area contributed by atoms with E-state index in [0.717, 1.165) is 15.6 Å². The van der Waals surface area contributed by atoms with Crippen molar-refractivity contribution in [2.24, 2.45) is 0 Å². The van der Waals surface area contributed by atoms with E-state index in [9.17, 15) is 13.2 Å². The van der Waals surface area contributed by atoms with Crippen LogP contribution in [0.25, 0.3) is 10.2 Å². The number of nitrogens with one attached hydrogen (secondary N) is 1. The van der Waals surface area contributed by atoms with Gasteiger partial charge in [0.2, 0.25) is 10.0 Å². The van der Waals surface area contributed by atoms with Crippen molar-refractivity contribution in [1.29, 1.82) is 0 Å². The molecule has 16 heavy (non-hydrogen) atoms. The summed E-state index contributed by atoms with van der Waals surface area (Å²) in [5.74, 6) is 0. The van der Waals surface area contributed by atoms with Gasteiger partial charge in [0.05, 0.1) is 15.1 Å². The second kappa shape index (κ2) is 3.69. The first kappa shape index (κ1) is 11.3. The number of aromatic amines is 1. The van der Waals surface area contributed by atoms with E-state index in [2.05, 4.69) is 4.98 Å². The molecule has 1 heterocycles. The second-order valence-corrected chi connectivity index (χ2v) is 6.63. The average molecular weight is 258 g/mol. The molecule has 86 valence electrons. The van der Waals surface area contributed by atoms with Crippen LogP contribution in [0.15, 0.2) is 27.9 Å². The third-order valence-corrected chi connectivity index (χ3v) is 4.83. The average Bonchev–Trinajstić information content (AvgIpc) is 2.56. The van der Waals surface area contributed by atoms with Crippen LogP contribution >= 0.6 is 11.3 Å². The highest BCUT2D eigenvalue weighted by Gasteiger charge is 2.17. The molecule has 1 aromatic carbocycles. The number of benzene rings is 1. The molecule has 1 N–H and O–H groups in total. The van der Waals surface area contributed by atoms with Crippen molar-refractivity contribution < 1.29 is 8.42 Å². The van der Waals surface area contributed by atoms with Gasteiger partial charge in [0.25, 0.3) is 0 Å². The summed E-state index contributed by atoms with van der Waals surface area (Å²) in [6.45, 7) is 0. The largest absolute Gasteiger partial charge is 0.312 e. The van der Waals surface area contributed by atoms with E-state index in [4.69, 9.17) is 0 Å². The smallest absolute Gasteiger partial charge is 0.305 e. The number of aromatic nitrogens is 1. The maximum Gasteiger partial charge on any atom is 0.305 e. The minimum absolute atomic E-state index is 0.186. The monoisotopic (exact) mass is 258 g/mol. The Morgan fingerprint density at radius 2 is 2.00 bits per heavy atom. The molecule has 0 saturated heterocycles. The molecule has 0 radical (unpaired) electrons. The molecular weight excluding hydrogens is 248 g/mol. The van der Waals surface area contributed by atoms with E-state index in [0.29, 0.717) is 10.2 Å². The number of nitrogens with zero attached hydrogens (tertiary/aromatic N) is 1. The van der Waals surface area contributed by atoms with Crippen LogP contribution in [0, 0.1) is 0 Å².